The quantitative estimate of drug-likeness (QED) is 0.699. The first-order valence-corrected chi connectivity index (χ1v) is 9.29. The molecule has 2 aliphatic rings. The molecular weight excluding hydrogens is 348 g/mol. The zero-order valence-electron chi connectivity index (χ0n) is 15.3. The van der Waals surface area contributed by atoms with Gasteiger partial charge in [0.15, 0.2) is 0 Å². The van der Waals surface area contributed by atoms with Crippen molar-refractivity contribution in [1.82, 2.24) is 10.2 Å². The first kappa shape index (κ1) is 19.5. The first-order chi connectivity index (χ1) is 13.2. The van der Waals surface area contributed by atoms with Crippen LogP contribution in [0.5, 0.6) is 0 Å². The van der Waals surface area contributed by atoms with Crippen LogP contribution in [0.15, 0.2) is 42.5 Å². The second kappa shape index (κ2) is 9.64. The topological polar surface area (TPSA) is 88.1 Å². The monoisotopic (exact) mass is 374 g/mol. The summed E-state index contributed by atoms with van der Waals surface area (Å²) in [5, 5.41) is 12.5. The fourth-order valence-corrected chi connectivity index (χ4v) is 3.27. The van der Waals surface area contributed by atoms with Gasteiger partial charge in [0.25, 0.3) is 0 Å². The average molecular weight is 374 g/mol. The number of benzene rings is 1. The number of amides is 2. The van der Waals surface area contributed by atoms with Crippen LogP contribution in [0.4, 0.5) is 0 Å². The van der Waals surface area contributed by atoms with Gasteiger partial charge in [0.2, 0.25) is 11.8 Å². The Morgan fingerprint density at radius 1 is 1.15 bits per heavy atom. The SMILES string of the molecule is O=C(Cc1ccccc1)N[C@H]1C=C[C@@H](CC(=O)N2CCOCC2)O[C@H]1CO. The molecule has 7 heteroatoms. The number of carbonyl (C=O) groups excluding carboxylic acids is 2. The minimum absolute atomic E-state index is 0.0104. The largest absolute Gasteiger partial charge is 0.394 e. The van der Waals surface area contributed by atoms with E-state index in [0.29, 0.717) is 26.3 Å². The summed E-state index contributed by atoms with van der Waals surface area (Å²) in [4.78, 5) is 26.4. The molecule has 7 nitrogen and oxygen atoms in total. The Hall–Kier alpha value is -2.22. The third kappa shape index (κ3) is 5.63. The van der Waals surface area contributed by atoms with E-state index >= 15 is 0 Å². The van der Waals surface area contributed by atoms with E-state index in [1.165, 1.54) is 0 Å². The summed E-state index contributed by atoms with van der Waals surface area (Å²) in [5.41, 5.74) is 0.922. The Balaban J connectivity index is 1.52. The van der Waals surface area contributed by atoms with Gasteiger partial charge in [0.1, 0.15) is 6.10 Å². The molecule has 1 aromatic rings. The number of nitrogens with one attached hydrogen (secondary N) is 1. The van der Waals surface area contributed by atoms with Gasteiger partial charge in [-0.15, -0.1) is 0 Å². The van der Waals surface area contributed by atoms with Gasteiger partial charge in [-0.1, -0.05) is 42.5 Å². The molecule has 0 aromatic heterocycles. The van der Waals surface area contributed by atoms with Crippen molar-refractivity contribution >= 4 is 11.8 Å². The predicted molar refractivity (Wildman–Crippen MR) is 99.0 cm³/mol. The van der Waals surface area contributed by atoms with Gasteiger partial charge in [0.05, 0.1) is 44.8 Å². The summed E-state index contributed by atoms with van der Waals surface area (Å²) in [5.74, 6) is -0.128. The van der Waals surface area contributed by atoms with Crippen LogP contribution in [0.3, 0.4) is 0 Å². The lowest BCUT2D eigenvalue weighted by atomic mass is 10.0. The van der Waals surface area contributed by atoms with Crippen LogP contribution in [-0.2, 0) is 25.5 Å². The molecule has 0 bridgehead atoms. The van der Waals surface area contributed by atoms with Crippen molar-refractivity contribution < 1.29 is 24.2 Å². The fourth-order valence-electron chi connectivity index (χ4n) is 3.27. The number of aliphatic hydroxyl groups is 1. The van der Waals surface area contributed by atoms with Crippen molar-refractivity contribution in [2.45, 2.75) is 31.1 Å². The highest BCUT2D eigenvalue weighted by Gasteiger charge is 2.30. The summed E-state index contributed by atoms with van der Waals surface area (Å²) in [7, 11) is 0. The van der Waals surface area contributed by atoms with Crippen molar-refractivity contribution in [1.29, 1.82) is 0 Å². The van der Waals surface area contributed by atoms with Gasteiger partial charge in [0, 0.05) is 13.1 Å². The second-order valence-corrected chi connectivity index (χ2v) is 6.73. The lowest BCUT2D eigenvalue weighted by molar-refractivity contribution is -0.140. The molecule has 1 aromatic carbocycles. The van der Waals surface area contributed by atoms with Crippen molar-refractivity contribution in [3.63, 3.8) is 0 Å². The lowest BCUT2D eigenvalue weighted by Gasteiger charge is -2.33. The number of rotatable bonds is 6. The van der Waals surface area contributed by atoms with Crippen molar-refractivity contribution in [3.8, 4) is 0 Å². The molecular formula is C20H26N2O5. The van der Waals surface area contributed by atoms with Crippen LogP contribution < -0.4 is 5.32 Å². The molecule has 0 aliphatic carbocycles. The molecule has 3 rings (SSSR count). The average Bonchev–Trinajstić information content (AvgIpc) is 2.70. The third-order valence-electron chi connectivity index (χ3n) is 4.74. The Bertz CT molecular complexity index is 658. The standard InChI is InChI=1S/C20H26N2O5/c23-14-18-17(21-19(24)12-15-4-2-1-3-5-15)7-6-16(27-18)13-20(25)22-8-10-26-11-9-22/h1-7,16-18,23H,8-14H2,(H,21,24)/t16-,17-,18-/m0/s1. The summed E-state index contributed by atoms with van der Waals surface area (Å²) in [6, 6.07) is 9.05. The molecule has 1 saturated heterocycles. The van der Waals surface area contributed by atoms with E-state index in [2.05, 4.69) is 5.32 Å². The Morgan fingerprint density at radius 3 is 2.59 bits per heavy atom. The maximum absolute atomic E-state index is 12.3. The van der Waals surface area contributed by atoms with Crippen molar-refractivity contribution in [2.24, 2.45) is 0 Å². The molecule has 27 heavy (non-hydrogen) atoms. The molecule has 2 heterocycles. The fraction of sp³-hybridized carbons (Fsp3) is 0.500. The Kier molecular flexibility index (Phi) is 6.98. The molecule has 0 saturated carbocycles. The highest BCUT2D eigenvalue weighted by Crippen LogP contribution is 2.17. The van der Waals surface area contributed by atoms with Gasteiger partial charge >= 0.3 is 0 Å². The van der Waals surface area contributed by atoms with Gasteiger partial charge in [-0.3, -0.25) is 9.59 Å². The molecule has 0 radical (unpaired) electrons. The summed E-state index contributed by atoms with van der Waals surface area (Å²) >= 11 is 0. The van der Waals surface area contributed by atoms with E-state index in [0.717, 1.165) is 5.56 Å². The van der Waals surface area contributed by atoms with Gasteiger partial charge in [-0.05, 0) is 5.56 Å². The zero-order chi connectivity index (χ0) is 19.1. The predicted octanol–water partition coefficient (Wildman–Crippen LogP) is 0.279. The van der Waals surface area contributed by atoms with Crippen LogP contribution in [0.1, 0.15) is 12.0 Å². The van der Waals surface area contributed by atoms with Gasteiger partial charge < -0.3 is 24.8 Å². The first-order valence-electron chi connectivity index (χ1n) is 9.29. The van der Waals surface area contributed by atoms with Gasteiger partial charge in [-0.2, -0.15) is 0 Å². The van der Waals surface area contributed by atoms with E-state index in [9.17, 15) is 14.7 Å². The third-order valence-corrected chi connectivity index (χ3v) is 4.74. The maximum Gasteiger partial charge on any atom is 0.225 e. The second-order valence-electron chi connectivity index (χ2n) is 6.73. The van der Waals surface area contributed by atoms with Crippen LogP contribution in [0, 0.1) is 0 Å². The molecule has 146 valence electrons. The van der Waals surface area contributed by atoms with Gasteiger partial charge in [-0.25, -0.2) is 0 Å². The Labute approximate surface area is 158 Å². The van der Waals surface area contributed by atoms with E-state index < -0.39 is 18.2 Å². The highest BCUT2D eigenvalue weighted by atomic mass is 16.5. The molecule has 0 unspecified atom stereocenters. The summed E-state index contributed by atoms with van der Waals surface area (Å²) < 4.78 is 11.1. The minimum Gasteiger partial charge on any atom is -0.394 e. The number of ether oxygens (including phenoxy) is 2. The molecule has 3 atom stereocenters. The van der Waals surface area contributed by atoms with E-state index in [4.69, 9.17) is 9.47 Å². The van der Waals surface area contributed by atoms with Crippen LogP contribution in [-0.4, -0.2) is 73.0 Å². The highest BCUT2D eigenvalue weighted by molar-refractivity contribution is 5.79. The number of aliphatic hydroxyl groups excluding tert-OH is 1. The van der Waals surface area contributed by atoms with E-state index in [-0.39, 0.29) is 31.3 Å². The number of carbonyl (C=O) groups is 2. The van der Waals surface area contributed by atoms with Crippen LogP contribution >= 0.6 is 0 Å². The lowest BCUT2D eigenvalue weighted by Crippen LogP contribution is -2.50. The zero-order valence-corrected chi connectivity index (χ0v) is 15.3. The molecule has 2 N–H and O–H groups in total. The normalized spacial score (nSPS) is 25.2. The number of morpholine rings is 1. The van der Waals surface area contributed by atoms with E-state index in [1.807, 2.05) is 36.4 Å². The Morgan fingerprint density at radius 2 is 1.89 bits per heavy atom. The summed E-state index contributed by atoms with van der Waals surface area (Å²) in [6.45, 7) is 2.07. The molecule has 2 aliphatic heterocycles. The van der Waals surface area contributed by atoms with Crippen molar-refractivity contribution in [3.05, 3.63) is 48.0 Å². The number of nitrogens with zero attached hydrogens (tertiary/aromatic N) is 1. The van der Waals surface area contributed by atoms with E-state index in [1.54, 1.807) is 11.0 Å². The maximum atomic E-state index is 12.3. The molecule has 1 fully saturated rings. The van der Waals surface area contributed by atoms with Crippen molar-refractivity contribution in [2.75, 3.05) is 32.9 Å². The molecule has 2 amide bonds. The van der Waals surface area contributed by atoms with Crippen LogP contribution in [0.25, 0.3) is 0 Å². The smallest absolute Gasteiger partial charge is 0.225 e. The minimum atomic E-state index is -0.572. The summed E-state index contributed by atoms with van der Waals surface area (Å²) in [6.07, 6.45) is 3.11. The number of hydrogen-bond donors (Lipinski definition) is 2. The number of hydrogen-bond acceptors (Lipinski definition) is 5. The van der Waals surface area contributed by atoms with Crippen LogP contribution in [0.2, 0.25) is 0 Å². The molecule has 0 spiro atoms.